The molecule has 8 heteroatoms. The molecule has 0 heterocycles. The van der Waals surface area contributed by atoms with E-state index in [0.717, 1.165) is 17.3 Å². The number of hydrazine groups is 1. The maximum absolute atomic E-state index is 11.8. The molecule has 2 rings (SSSR count). The third-order valence-corrected chi connectivity index (χ3v) is 4.41. The number of hydrogen-bond donors (Lipinski definition) is 3. The van der Waals surface area contributed by atoms with Crippen LogP contribution in [0.1, 0.15) is 15.9 Å². The Labute approximate surface area is 154 Å². The molecule has 0 fully saturated rings. The standard InChI is InChI=1S/C18H18N2O5S/c1-25-13-8-6-12(7-9-13)10-16(21)19-20-17(22)11-26-15-5-3-2-4-14(15)18(23)24/h2-9H,10-11H2,1H3,(H,19,21)(H,20,22)(H,23,24). The van der Waals surface area contributed by atoms with Gasteiger partial charge in [0.25, 0.3) is 0 Å². The van der Waals surface area contributed by atoms with Crippen molar-refractivity contribution < 1.29 is 24.2 Å². The van der Waals surface area contributed by atoms with Gasteiger partial charge in [-0.2, -0.15) is 0 Å². The molecule has 2 amide bonds. The van der Waals surface area contributed by atoms with Gasteiger partial charge < -0.3 is 9.84 Å². The van der Waals surface area contributed by atoms with Crippen molar-refractivity contribution >= 4 is 29.5 Å². The first-order valence-corrected chi connectivity index (χ1v) is 8.64. The summed E-state index contributed by atoms with van der Waals surface area (Å²) in [5.74, 6) is -1.17. The zero-order valence-corrected chi connectivity index (χ0v) is 14.8. The number of thioether (sulfide) groups is 1. The van der Waals surface area contributed by atoms with Gasteiger partial charge in [0, 0.05) is 4.90 Å². The minimum atomic E-state index is -1.05. The van der Waals surface area contributed by atoms with Crippen molar-refractivity contribution in [2.45, 2.75) is 11.3 Å². The van der Waals surface area contributed by atoms with Gasteiger partial charge in [0.1, 0.15) is 5.75 Å². The van der Waals surface area contributed by atoms with Gasteiger partial charge in [-0.05, 0) is 29.8 Å². The van der Waals surface area contributed by atoms with E-state index in [1.54, 1.807) is 49.6 Å². The highest BCUT2D eigenvalue weighted by atomic mass is 32.2. The van der Waals surface area contributed by atoms with Crippen LogP contribution in [0.15, 0.2) is 53.4 Å². The SMILES string of the molecule is COc1ccc(CC(=O)NNC(=O)CSc2ccccc2C(=O)O)cc1. The normalized spacial score (nSPS) is 10.0. The van der Waals surface area contributed by atoms with Crippen molar-refractivity contribution in [1.82, 2.24) is 10.9 Å². The number of aromatic carboxylic acids is 1. The second-order valence-electron chi connectivity index (χ2n) is 5.21. The Kier molecular flexibility index (Phi) is 7.04. The minimum absolute atomic E-state index is 0.0207. The fraction of sp³-hybridized carbons (Fsp3) is 0.167. The third-order valence-electron chi connectivity index (χ3n) is 3.34. The lowest BCUT2D eigenvalue weighted by molar-refractivity contribution is -0.127. The molecule has 0 saturated carbocycles. The number of benzene rings is 2. The summed E-state index contributed by atoms with van der Waals surface area (Å²) >= 11 is 1.09. The Bertz CT molecular complexity index is 792. The van der Waals surface area contributed by atoms with Crippen molar-refractivity contribution in [3.63, 3.8) is 0 Å². The molecule has 0 radical (unpaired) electrons. The molecule has 0 unspecified atom stereocenters. The maximum Gasteiger partial charge on any atom is 0.336 e. The fourth-order valence-electron chi connectivity index (χ4n) is 2.06. The van der Waals surface area contributed by atoms with E-state index in [1.807, 2.05) is 0 Å². The zero-order chi connectivity index (χ0) is 18.9. The average Bonchev–Trinajstić information content (AvgIpc) is 2.65. The predicted molar refractivity (Wildman–Crippen MR) is 97.1 cm³/mol. The lowest BCUT2D eigenvalue weighted by Gasteiger charge is -2.09. The molecule has 26 heavy (non-hydrogen) atoms. The van der Waals surface area contributed by atoms with Crippen molar-refractivity contribution in [2.75, 3.05) is 12.9 Å². The molecule has 0 aliphatic rings. The van der Waals surface area contributed by atoms with E-state index in [0.29, 0.717) is 10.6 Å². The second-order valence-corrected chi connectivity index (χ2v) is 6.23. The lowest BCUT2D eigenvalue weighted by Crippen LogP contribution is -2.43. The first-order valence-electron chi connectivity index (χ1n) is 7.65. The first kappa shape index (κ1) is 19.3. The predicted octanol–water partition coefficient (Wildman–Crippen LogP) is 1.88. The van der Waals surface area contributed by atoms with E-state index in [2.05, 4.69) is 10.9 Å². The second kappa shape index (κ2) is 9.47. The Hall–Kier alpha value is -3.00. The number of rotatable bonds is 7. The molecule has 0 aliphatic carbocycles. The molecule has 3 N–H and O–H groups in total. The Balaban J connectivity index is 1.77. The van der Waals surface area contributed by atoms with E-state index >= 15 is 0 Å². The van der Waals surface area contributed by atoms with Gasteiger partial charge in [-0.25, -0.2) is 4.79 Å². The number of methoxy groups -OCH3 is 1. The summed E-state index contributed by atoms with van der Waals surface area (Å²) in [5, 5.41) is 9.10. The third kappa shape index (κ3) is 5.82. The number of amides is 2. The van der Waals surface area contributed by atoms with Crippen LogP contribution in [0.2, 0.25) is 0 Å². The van der Waals surface area contributed by atoms with E-state index in [1.165, 1.54) is 6.07 Å². The molecule has 0 aromatic heterocycles. The highest BCUT2D eigenvalue weighted by Gasteiger charge is 2.12. The quantitative estimate of drug-likeness (QED) is 0.505. The molecule has 0 spiro atoms. The number of carboxylic acid groups (broad SMARTS) is 1. The topological polar surface area (TPSA) is 105 Å². The summed E-state index contributed by atoms with van der Waals surface area (Å²) in [6, 6.07) is 13.4. The van der Waals surface area contributed by atoms with Crippen molar-refractivity contribution in [2.24, 2.45) is 0 Å². The van der Waals surface area contributed by atoms with Crippen LogP contribution in [0.25, 0.3) is 0 Å². The number of hydrogen-bond acceptors (Lipinski definition) is 5. The van der Waals surface area contributed by atoms with Crippen molar-refractivity contribution in [3.05, 3.63) is 59.7 Å². The largest absolute Gasteiger partial charge is 0.497 e. The number of ether oxygens (including phenoxy) is 1. The number of carboxylic acids is 1. The fourth-order valence-corrected chi connectivity index (χ4v) is 2.91. The van der Waals surface area contributed by atoms with Gasteiger partial charge in [-0.15, -0.1) is 11.8 Å². The summed E-state index contributed by atoms with van der Waals surface area (Å²) < 4.78 is 5.04. The Morgan fingerprint density at radius 3 is 2.31 bits per heavy atom. The summed E-state index contributed by atoms with van der Waals surface area (Å²) in [6.45, 7) is 0. The van der Waals surface area contributed by atoms with Crippen molar-refractivity contribution in [3.8, 4) is 5.75 Å². The van der Waals surface area contributed by atoms with Gasteiger partial charge in [-0.1, -0.05) is 24.3 Å². The molecular weight excluding hydrogens is 356 g/mol. The van der Waals surface area contributed by atoms with E-state index in [4.69, 9.17) is 9.84 Å². The number of nitrogens with one attached hydrogen (secondary N) is 2. The Morgan fingerprint density at radius 2 is 1.65 bits per heavy atom. The monoisotopic (exact) mass is 374 g/mol. The summed E-state index contributed by atoms with van der Waals surface area (Å²) in [7, 11) is 1.56. The smallest absolute Gasteiger partial charge is 0.336 e. The van der Waals surface area contributed by atoms with Gasteiger partial charge in [0.2, 0.25) is 11.8 Å². The highest BCUT2D eigenvalue weighted by molar-refractivity contribution is 8.00. The van der Waals surface area contributed by atoms with Gasteiger partial charge in [0.05, 0.1) is 24.8 Å². The number of carbonyl (C=O) groups is 3. The molecule has 136 valence electrons. The van der Waals surface area contributed by atoms with Crippen LogP contribution < -0.4 is 15.6 Å². The van der Waals surface area contributed by atoms with Crippen LogP contribution in [-0.2, 0) is 16.0 Å². The highest BCUT2D eigenvalue weighted by Crippen LogP contribution is 2.22. The van der Waals surface area contributed by atoms with E-state index in [9.17, 15) is 14.4 Å². The van der Waals surface area contributed by atoms with Crippen LogP contribution in [0, 0.1) is 0 Å². The molecule has 2 aromatic carbocycles. The van der Waals surface area contributed by atoms with Gasteiger partial charge in [0.15, 0.2) is 0 Å². The van der Waals surface area contributed by atoms with Crippen LogP contribution in [-0.4, -0.2) is 35.8 Å². The van der Waals surface area contributed by atoms with Crippen molar-refractivity contribution in [1.29, 1.82) is 0 Å². The lowest BCUT2D eigenvalue weighted by atomic mass is 10.1. The molecule has 0 bridgehead atoms. The van der Waals surface area contributed by atoms with E-state index < -0.39 is 11.9 Å². The maximum atomic E-state index is 11.8. The minimum Gasteiger partial charge on any atom is -0.497 e. The van der Waals surface area contributed by atoms with Crippen LogP contribution in [0.4, 0.5) is 0 Å². The molecule has 0 atom stereocenters. The van der Waals surface area contributed by atoms with Gasteiger partial charge >= 0.3 is 5.97 Å². The zero-order valence-electron chi connectivity index (χ0n) is 14.0. The first-order chi connectivity index (χ1) is 12.5. The van der Waals surface area contributed by atoms with Gasteiger partial charge in [-0.3, -0.25) is 20.4 Å². The molecule has 0 aliphatic heterocycles. The molecule has 2 aromatic rings. The summed E-state index contributed by atoms with van der Waals surface area (Å²) in [4.78, 5) is 35.3. The molecule has 7 nitrogen and oxygen atoms in total. The summed E-state index contributed by atoms with van der Waals surface area (Å²) in [5.41, 5.74) is 5.56. The van der Waals surface area contributed by atoms with Crippen LogP contribution in [0.5, 0.6) is 5.75 Å². The number of carbonyl (C=O) groups excluding carboxylic acids is 2. The summed E-state index contributed by atoms with van der Waals surface area (Å²) in [6.07, 6.45) is 0.110. The van der Waals surface area contributed by atoms with E-state index in [-0.39, 0.29) is 23.6 Å². The molecule has 0 saturated heterocycles. The Morgan fingerprint density at radius 1 is 1.00 bits per heavy atom. The molecular formula is C18H18N2O5S. The van der Waals surface area contributed by atoms with Crippen LogP contribution >= 0.6 is 11.8 Å². The average molecular weight is 374 g/mol. The van der Waals surface area contributed by atoms with Crippen LogP contribution in [0.3, 0.4) is 0 Å².